The number of hydrogen-bond donors (Lipinski definition) is 2. The molecule has 2 atom stereocenters. The molecule has 212 valence electrons. The second-order valence-electron chi connectivity index (χ2n) is 12.2. The van der Waals surface area contributed by atoms with Gasteiger partial charge in [0.1, 0.15) is 11.6 Å². The van der Waals surface area contributed by atoms with Crippen LogP contribution in [-0.2, 0) is 6.54 Å². The minimum absolute atomic E-state index is 0.0813. The van der Waals surface area contributed by atoms with Crippen molar-refractivity contribution in [3.05, 3.63) is 47.5 Å². The molecule has 9 nitrogen and oxygen atoms in total. The molecule has 2 saturated heterocycles. The Hall–Kier alpha value is -3.94. The summed E-state index contributed by atoms with van der Waals surface area (Å²) in [6.07, 6.45) is 12.0. The number of phenolic OH excluding ortho intramolecular Hbond substituents is 1. The standard InChI is InChI=1S/C31H34FN7O2/c1-4-24-25(32)8-5-19-11-23(40)12-20(26(19)24)13-39-18-33-27-28(39)35-30(38-14-21-6-7-22(15-38)34-21)36-29(27)41-17-31(9-10-31)16-37(2)3/h1,5,8,11-12,18,21-22,34,40H,6-7,9-10,13-17H2,2-3H3/t21-,22+. The normalized spacial score (nSPS) is 21.1. The second kappa shape index (κ2) is 9.86. The highest BCUT2D eigenvalue weighted by Crippen LogP contribution is 2.46. The van der Waals surface area contributed by atoms with E-state index in [9.17, 15) is 9.50 Å². The van der Waals surface area contributed by atoms with Crippen molar-refractivity contribution in [2.24, 2.45) is 5.41 Å². The third-order valence-corrected chi connectivity index (χ3v) is 8.66. The summed E-state index contributed by atoms with van der Waals surface area (Å²) in [7, 11) is 4.17. The number of terminal acetylenes is 1. The van der Waals surface area contributed by atoms with Crippen molar-refractivity contribution in [2.75, 3.05) is 45.2 Å². The molecule has 0 radical (unpaired) electrons. The molecule has 2 aromatic carbocycles. The first-order valence-electron chi connectivity index (χ1n) is 14.2. The van der Waals surface area contributed by atoms with Gasteiger partial charge < -0.3 is 29.5 Å². The number of aromatic nitrogens is 4. The van der Waals surface area contributed by atoms with Crippen LogP contribution in [0.4, 0.5) is 10.3 Å². The number of rotatable bonds is 8. The van der Waals surface area contributed by atoms with Crippen LogP contribution < -0.4 is 15.0 Å². The molecular formula is C31H34FN7O2. The number of anilines is 1. The molecule has 0 unspecified atom stereocenters. The van der Waals surface area contributed by atoms with E-state index < -0.39 is 5.82 Å². The molecule has 1 saturated carbocycles. The molecular weight excluding hydrogens is 521 g/mol. The van der Waals surface area contributed by atoms with Crippen molar-refractivity contribution >= 4 is 27.9 Å². The van der Waals surface area contributed by atoms with Crippen LogP contribution in [-0.4, -0.2) is 81.9 Å². The van der Waals surface area contributed by atoms with Gasteiger partial charge in [0.05, 0.1) is 25.0 Å². The maximum Gasteiger partial charge on any atom is 0.247 e. The van der Waals surface area contributed by atoms with Crippen molar-refractivity contribution < 1.29 is 14.2 Å². The number of hydrogen-bond acceptors (Lipinski definition) is 8. The average molecular weight is 556 g/mol. The molecule has 7 rings (SSSR count). The number of benzene rings is 2. The quantitative estimate of drug-likeness (QED) is 0.319. The van der Waals surface area contributed by atoms with E-state index >= 15 is 0 Å². The van der Waals surface area contributed by atoms with E-state index in [1.165, 1.54) is 6.07 Å². The number of halogens is 1. The van der Waals surface area contributed by atoms with Gasteiger partial charge in [-0.25, -0.2) is 9.37 Å². The Balaban J connectivity index is 1.30. The molecule has 2 aliphatic heterocycles. The molecule has 0 amide bonds. The van der Waals surface area contributed by atoms with Crippen LogP contribution in [0, 0.1) is 23.6 Å². The molecule has 2 N–H and O–H groups in total. The Morgan fingerprint density at radius 3 is 2.68 bits per heavy atom. The number of piperazine rings is 1. The highest BCUT2D eigenvalue weighted by atomic mass is 19.1. The molecule has 1 aliphatic carbocycles. The van der Waals surface area contributed by atoms with Crippen molar-refractivity contribution in [3.8, 4) is 24.0 Å². The van der Waals surface area contributed by atoms with Crippen LogP contribution in [0.5, 0.6) is 11.6 Å². The van der Waals surface area contributed by atoms with Gasteiger partial charge in [-0.2, -0.15) is 9.97 Å². The number of nitrogens with zero attached hydrogens (tertiary/aromatic N) is 6. The first-order chi connectivity index (χ1) is 19.8. The van der Waals surface area contributed by atoms with Gasteiger partial charge in [-0.1, -0.05) is 12.0 Å². The molecule has 4 aromatic rings. The number of aromatic hydroxyl groups is 1. The van der Waals surface area contributed by atoms with Crippen LogP contribution in [0.25, 0.3) is 21.9 Å². The Bertz CT molecular complexity index is 1680. The predicted molar refractivity (Wildman–Crippen MR) is 156 cm³/mol. The van der Waals surface area contributed by atoms with Gasteiger partial charge in [-0.05, 0) is 68.9 Å². The molecule has 3 aliphatic rings. The van der Waals surface area contributed by atoms with E-state index in [2.05, 4.69) is 40.1 Å². The van der Waals surface area contributed by atoms with Gasteiger partial charge in [-0.3, -0.25) is 0 Å². The molecule has 41 heavy (non-hydrogen) atoms. The summed E-state index contributed by atoms with van der Waals surface area (Å²) in [5.41, 5.74) is 2.20. The summed E-state index contributed by atoms with van der Waals surface area (Å²) < 4.78 is 23.0. The van der Waals surface area contributed by atoms with Gasteiger partial charge in [0.25, 0.3) is 0 Å². The lowest BCUT2D eigenvalue weighted by Gasteiger charge is -2.33. The van der Waals surface area contributed by atoms with Crippen LogP contribution >= 0.6 is 0 Å². The Labute approximate surface area is 238 Å². The van der Waals surface area contributed by atoms with E-state index in [0.717, 1.165) is 45.3 Å². The zero-order valence-corrected chi connectivity index (χ0v) is 23.4. The van der Waals surface area contributed by atoms with Gasteiger partial charge in [0.2, 0.25) is 11.8 Å². The fraction of sp³-hybridized carbons (Fsp3) is 0.452. The van der Waals surface area contributed by atoms with Crippen LogP contribution in [0.2, 0.25) is 0 Å². The highest BCUT2D eigenvalue weighted by molar-refractivity contribution is 5.92. The van der Waals surface area contributed by atoms with Crippen molar-refractivity contribution in [3.63, 3.8) is 0 Å². The molecule has 2 aromatic heterocycles. The SMILES string of the molecule is C#Cc1c(F)ccc2cc(O)cc(Cn3cnc4c(OCC5(CN(C)C)CC5)nc(N5C[C@H]6CC[C@@H](C5)N6)nc43)c12. The second-order valence-corrected chi connectivity index (χ2v) is 12.2. The molecule has 2 bridgehead atoms. The number of nitrogens with one attached hydrogen (secondary N) is 1. The van der Waals surface area contributed by atoms with Gasteiger partial charge in [0.15, 0.2) is 11.2 Å². The van der Waals surface area contributed by atoms with E-state index in [1.807, 2.05) is 4.57 Å². The zero-order chi connectivity index (χ0) is 28.3. The van der Waals surface area contributed by atoms with Crippen molar-refractivity contribution in [1.82, 2.24) is 29.7 Å². The minimum Gasteiger partial charge on any atom is -0.508 e. The van der Waals surface area contributed by atoms with Crippen LogP contribution in [0.3, 0.4) is 0 Å². The maximum absolute atomic E-state index is 14.7. The lowest BCUT2D eigenvalue weighted by atomic mass is 9.98. The largest absolute Gasteiger partial charge is 0.508 e. The fourth-order valence-electron chi connectivity index (χ4n) is 6.60. The summed E-state index contributed by atoms with van der Waals surface area (Å²) in [4.78, 5) is 19.0. The van der Waals surface area contributed by atoms with E-state index in [4.69, 9.17) is 21.1 Å². The predicted octanol–water partition coefficient (Wildman–Crippen LogP) is 3.52. The minimum atomic E-state index is -0.470. The fourth-order valence-corrected chi connectivity index (χ4v) is 6.60. The van der Waals surface area contributed by atoms with Crippen molar-refractivity contribution in [1.29, 1.82) is 0 Å². The zero-order valence-electron chi connectivity index (χ0n) is 23.4. The smallest absolute Gasteiger partial charge is 0.247 e. The summed E-state index contributed by atoms with van der Waals surface area (Å²) >= 11 is 0. The number of imidazole rings is 1. The highest BCUT2D eigenvalue weighted by Gasteiger charge is 2.44. The maximum atomic E-state index is 14.7. The monoisotopic (exact) mass is 555 g/mol. The molecule has 10 heteroatoms. The summed E-state index contributed by atoms with van der Waals surface area (Å²) in [6.45, 7) is 3.48. The first-order valence-corrected chi connectivity index (χ1v) is 14.2. The third kappa shape index (κ3) is 4.83. The van der Waals surface area contributed by atoms with E-state index in [-0.39, 0.29) is 23.3 Å². The lowest BCUT2D eigenvalue weighted by molar-refractivity contribution is 0.190. The average Bonchev–Trinajstić information content (AvgIpc) is 3.45. The van der Waals surface area contributed by atoms with Gasteiger partial charge in [0, 0.05) is 42.5 Å². The molecule has 3 fully saturated rings. The van der Waals surface area contributed by atoms with Crippen molar-refractivity contribution in [2.45, 2.75) is 44.3 Å². The lowest BCUT2D eigenvalue weighted by Crippen LogP contribution is -2.51. The Morgan fingerprint density at radius 2 is 1.98 bits per heavy atom. The number of phenols is 1. The molecule has 0 spiro atoms. The van der Waals surface area contributed by atoms with Crippen LogP contribution in [0.1, 0.15) is 36.8 Å². The number of ether oxygens (including phenoxy) is 1. The third-order valence-electron chi connectivity index (χ3n) is 8.66. The topological polar surface area (TPSA) is 91.6 Å². The van der Waals surface area contributed by atoms with E-state index in [0.29, 0.717) is 58.0 Å². The Kier molecular flexibility index (Phi) is 6.25. The summed E-state index contributed by atoms with van der Waals surface area (Å²) in [5, 5.41) is 15.4. The summed E-state index contributed by atoms with van der Waals surface area (Å²) in [5.74, 6) is 3.22. The first kappa shape index (κ1) is 26.0. The van der Waals surface area contributed by atoms with Gasteiger partial charge in [-0.15, -0.1) is 6.42 Å². The van der Waals surface area contributed by atoms with Crippen LogP contribution in [0.15, 0.2) is 30.6 Å². The van der Waals surface area contributed by atoms with Gasteiger partial charge >= 0.3 is 0 Å². The Morgan fingerprint density at radius 1 is 1.20 bits per heavy atom. The van der Waals surface area contributed by atoms with E-state index in [1.54, 1.807) is 24.5 Å². The number of fused-ring (bicyclic) bond motifs is 4. The summed E-state index contributed by atoms with van der Waals surface area (Å²) in [6, 6.07) is 7.03. The molecule has 4 heterocycles.